The Hall–Kier alpha value is -1.67. The molecular weight excluding hydrogens is 220 g/mol. The van der Waals surface area contributed by atoms with E-state index in [9.17, 15) is 0 Å². The molecule has 92 valence electrons. The molecule has 1 aromatic carbocycles. The van der Waals surface area contributed by atoms with Crippen LogP contribution in [0.2, 0.25) is 0 Å². The smallest absolute Gasteiger partial charge is 0.0329 e. The maximum Gasteiger partial charge on any atom is 0.0329 e. The third-order valence-electron chi connectivity index (χ3n) is 3.81. The number of rotatable bonds is 3. The Bertz CT molecular complexity index is 548. The molecule has 2 nitrogen and oxygen atoms in total. The fourth-order valence-corrected chi connectivity index (χ4v) is 2.70. The number of aryl methyl sites for hydroxylation is 2. The second-order valence-corrected chi connectivity index (χ2v) is 4.97. The van der Waals surface area contributed by atoms with Crippen molar-refractivity contribution in [2.24, 2.45) is 0 Å². The highest BCUT2D eigenvalue weighted by atomic mass is 14.9. The van der Waals surface area contributed by atoms with Gasteiger partial charge in [-0.2, -0.15) is 0 Å². The monoisotopic (exact) mass is 238 g/mol. The first-order valence-electron chi connectivity index (χ1n) is 6.55. The summed E-state index contributed by atoms with van der Waals surface area (Å²) in [5.41, 5.74) is 5.58. The zero-order valence-corrected chi connectivity index (χ0v) is 10.7. The first-order valence-corrected chi connectivity index (χ1v) is 6.55. The van der Waals surface area contributed by atoms with Gasteiger partial charge in [0.15, 0.2) is 0 Å². The molecule has 1 N–H and O–H groups in total. The first kappa shape index (κ1) is 11.4. The van der Waals surface area contributed by atoms with Crippen molar-refractivity contribution in [3.8, 4) is 0 Å². The number of nitrogens with zero attached hydrogens (tertiary/aromatic N) is 1. The van der Waals surface area contributed by atoms with E-state index in [1.807, 2.05) is 12.4 Å². The summed E-state index contributed by atoms with van der Waals surface area (Å²) in [6.45, 7) is 3.04. The van der Waals surface area contributed by atoms with E-state index in [-0.39, 0.29) is 0 Å². The summed E-state index contributed by atoms with van der Waals surface area (Å²) in [7, 11) is 0. The molecule has 0 spiro atoms. The van der Waals surface area contributed by atoms with Gasteiger partial charge >= 0.3 is 0 Å². The second kappa shape index (κ2) is 4.91. The molecule has 1 aromatic heterocycles. The molecule has 0 bridgehead atoms. The van der Waals surface area contributed by atoms with Crippen molar-refractivity contribution in [2.45, 2.75) is 32.4 Å². The van der Waals surface area contributed by atoms with Gasteiger partial charge in [0.05, 0.1) is 0 Å². The summed E-state index contributed by atoms with van der Waals surface area (Å²) in [6.07, 6.45) is 6.21. The predicted octanol–water partition coefficient (Wildman–Crippen LogP) is 3.17. The van der Waals surface area contributed by atoms with Gasteiger partial charge < -0.3 is 5.32 Å². The highest BCUT2D eigenvalue weighted by Gasteiger charge is 2.21. The van der Waals surface area contributed by atoms with Gasteiger partial charge in [0, 0.05) is 25.0 Å². The molecule has 0 aliphatic heterocycles. The zero-order chi connectivity index (χ0) is 12.4. The first-order chi connectivity index (χ1) is 8.84. The topological polar surface area (TPSA) is 24.9 Å². The summed E-state index contributed by atoms with van der Waals surface area (Å²) in [5.74, 6) is 0. The average Bonchev–Trinajstić information content (AvgIpc) is 2.81. The molecule has 1 aliphatic rings. The van der Waals surface area contributed by atoms with E-state index in [1.165, 1.54) is 35.1 Å². The number of benzene rings is 1. The molecule has 3 rings (SSSR count). The number of hydrogen-bond acceptors (Lipinski definition) is 2. The van der Waals surface area contributed by atoms with Gasteiger partial charge in [-0.05, 0) is 48.1 Å². The van der Waals surface area contributed by atoms with Crippen LogP contribution in [0.25, 0.3) is 0 Å². The number of hydrogen-bond donors (Lipinski definition) is 1. The fourth-order valence-electron chi connectivity index (χ4n) is 2.70. The molecule has 1 unspecified atom stereocenters. The SMILES string of the molecule is Cc1cnccc1CNC1CCc2ccccc21. The molecule has 1 atom stereocenters. The van der Waals surface area contributed by atoms with Gasteiger partial charge in [-0.25, -0.2) is 0 Å². The van der Waals surface area contributed by atoms with Crippen LogP contribution in [0.15, 0.2) is 42.7 Å². The van der Waals surface area contributed by atoms with Gasteiger partial charge in [-0.1, -0.05) is 24.3 Å². The lowest BCUT2D eigenvalue weighted by Crippen LogP contribution is -2.19. The highest BCUT2D eigenvalue weighted by molar-refractivity contribution is 5.34. The van der Waals surface area contributed by atoms with Crippen molar-refractivity contribution in [2.75, 3.05) is 0 Å². The third kappa shape index (κ3) is 2.16. The number of pyridine rings is 1. The molecule has 18 heavy (non-hydrogen) atoms. The maximum atomic E-state index is 4.13. The largest absolute Gasteiger partial charge is 0.306 e. The number of nitrogens with one attached hydrogen (secondary N) is 1. The minimum absolute atomic E-state index is 0.508. The van der Waals surface area contributed by atoms with Crippen molar-refractivity contribution in [1.29, 1.82) is 0 Å². The van der Waals surface area contributed by atoms with E-state index in [4.69, 9.17) is 0 Å². The van der Waals surface area contributed by atoms with Gasteiger partial charge in [-0.15, -0.1) is 0 Å². The van der Waals surface area contributed by atoms with E-state index in [0.717, 1.165) is 6.54 Å². The van der Waals surface area contributed by atoms with Crippen LogP contribution in [0.1, 0.15) is 34.7 Å². The lowest BCUT2D eigenvalue weighted by molar-refractivity contribution is 0.529. The molecular formula is C16H18N2. The van der Waals surface area contributed by atoms with Crippen LogP contribution in [0.4, 0.5) is 0 Å². The van der Waals surface area contributed by atoms with E-state index >= 15 is 0 Å². The van der Waals surface area contributed by atoms with Crippen LogP contribution in [-0.2, 0) is 13.0 Å². The molecule has 1 aliphatic carbocycles. The predicted molar refractivity (Wildman–Crippen MR) is 73.3 cm³/mol. The summed E-state index contributed by atoms with van der Waals surface area (Å²) < 4.78 is 0. The van der Waals surface area contributed by atoms with Crippen molar-refractivity contribution in [1.82, 2.24) is 10.3 Å². The van der Waals surface area contributed by atoms with Crippen LogP contribution in [0, 0.1) is 6.92 Å². The quantitative estimate of drug-likeness (QED) is 0.888. The molecule has 0 radical (unpaired) electrons. The van der Waals surface area contributed by atoms with Gasteiger partial charge in [-0.3, -0.25) is 4.98 Å². The Morgan fingerprint density at radius 1 is 1.28 bits per heavy atom. The zero-order valence-electron chi connectivity index (χ0n) is 10.7. The summed E-state index contributed by atoms with van der Waals surface area (Å²) in [6, 6.07) is 11.4. The van der Waals surface area contributed by atoms with E-state index in [1.54, 1.807) is 0 Å². The Balaban J connectivity index is 1.71. The van der Waals surface area contributed by atoms with Crippen molar-refractivity contribution < 1.29 is 0 Å². The lowest BCUT2D eigenvalue weighted by atomic mass is 10.1. The Morgan fingerprint density at radius 2 is 2.17 bits per heavy atom. The van der Waals surface area contributed by atoms with Gasteiger partial charge in [0.25, 0.3) is 0 Å². The molecule has 0 fully saturated rings. The number of aromatic nitrogens is 1. The molecule has 0 saturated carbocycles. The normalized spacial score (nSPS) is 17.7. The molecule has 0 saturated heterocycles. The van der Waals surface area contributed by atoms with Crippen molar-refractivity contribution >= 4 is 0 Å². The minimum Gasteiger partial charge on any atom is -0.306 e. The van der Waals surface area contributed by atoms with Crippen LogP contribution in [0.3, 0.4) is 0 Å². The molecule has 0 amide bonds. The highest BCUT2D eigenvalue weighted by Crippen LogP contribution is 2.30. The Labute approximate surface area is 108 Å². The molecule has 1 heterocycles. The van der Waals surface area contributed by atoms with Crippen LogP contribution < -0.4 is 5.32 Å². The van der Waals surface area contributed by atoms with E-state index in [2.05, 4.69) is 47.6 Å². The van der Waals surface area contributed by atoms with Gasteiger partial charge in [0.1, 0.15) is 0 Å². The van der Waals surface area contributed by atoms with Gasteiger partial charge in [0.2, 0.25) is 0 Å². The van der Waals surface area contributed by atoms with E-state index in [0.29, 0.717) is 6.04 Å². The summed E-state index contributed by atoms with van der Waals surface area (Å²) in [5, 5.41) is 3.67. The molecule has 2 heteroatoms. The minimum atomic E-state index is 0.508. The van der Waals surface area contributed by atoms with Crippen LogP contribution in [-0.4, -0.2) is 4.98 Å². The lowest BCUT2D eigenvalue weighted by Gasteiger charge is -2.15. The van der Waals surface area contributed by atoms with Crippen molar-refractivity contribution in [3.05, 3.63) is 65.0 Å². The van der Waals surface area contributed by atoms with E-state index < -0.39 is 0 Å². The third-order valence-corrected chi connectivity index (χ3v) is 3.81. The Kier molecular flexibility index (Phi) is 3.11. The number of fused-ring (bicyclic) bond motifs is 1. The summed E-state index contributed by atoms with van der Waals surface area (Å²) >= 11 is 0. The summed E-state index contributed by atoms with van der Waals surface area (Å²) in [4.78, 5) is 4.13. The standard InChI is InChI=1S/C16H18N2/c1-12-10-17-9-8-14(12)11-18-16-7-6-13-4-2-3-5-15(13)16/h2-5,8-10,16,18H,6-7,11H2,1H3. The fraction of sp³-hybridized carbons (Fsp3) is 0.312. The van der Waals surface area contributed by atoms with Crippen LogP contribution in [0.5, 0.6) is 0 Å². The van der Waals surface area contributed by atoms with Crippen molar-refractivity contribution in [3.63, 3.8) is 0 Å². The van der Waals surface area contributed by atoms with Crippen LogP contribution >= 0.6 is 0 Å². The molecule has 2 aromatic rings. The Morgan fingerprint density at radius 3 is 3.06 bits per heavy atom. The maximum absolute atomic E-state index is 4.13. The second-order valence-electron chi connectivity index (χ2n) is 4.97. The average molecular weight is 238 g/mol.